The van der Waals surface area contributed by atoms with Crippen molar-refractivity contribution < 1.29 is 0 Å². The Morgan fingerprint density at radius 2 is 2.00 bits per heavy atom. The maximum absolute atomic E-state index is 8.82. The number of benzene rings is 2. The van der Waals surface area contributed by atoms with Crippen LogP contribution in [0.15, 0.2) is 42.5 Å². The Labute approximate surface area is 122 Å². The van der Waals surface area contributed by atoms with Crippen molar-refractivity contribution in [3.63, 3.8) is 0 Å². The number of rotatable bonds is 3. The highest BCUT2D eigenvalue weighted by Crippen LogP contribution is 2.18. The number of anilines is 2. The number of nitrogens with one attached hydrogen (secondary N) is 1. The van der Waals surface area contributed by atoms with Crippen molar-refractivity contribution in [2.75, 3.05) is 17.7 Å². The molecule has 0 spiro atoms. The summed E-state index contributed by atoms with van der Waals surface area (Å²) in [4.78, 5) is 9.89. The fourth-order valence-electron chi connectivity index (χ4n) is 2.26. The Bertz CT molecular complexity index is 811. The molecule has 1 aromatic heterocycles. The van der Waals surface area contributed by atoms with E-state index in [1.165, 1.54) is 0 Å². The molecule has 0 saturated carbocycles. The van der Waals surface area contributed by atoms with Crippen LogP contribution in [0.4, 0.5) is 11.4 Å². The highest BCUT2D eigenvalue weighted by molar-refractivity contribution is 5.78. The average molecular weight is 277 g/mol. The van der Waals surface area contributed by atoms with Gasteiger partial charge in [-0.25, -0.2) is 4.98 Å². The number of fused-ring (bicyclic) bond motifs is 1. The lowest BCUT2D eigenvalue weighted by Crippen LogP contribution is -2.17. The summed E-state index contributed by atoms with van der Waals surface area (Å²) in [5, 5.41) is 8.82. The van der Waals surface area contributed by atoms with E-state index < -0.39 is 0 Å². The smallest absolute Gasteiger partial charge is 0.126 e. The molecular weight excluding hydrogens is 262 g/mol. The van der Waals surface area contributed by atoms with Gasteiger partial charge in [-0.15, -0.1) is 0 Å². The second-order valence-corrected chi connectivity index (χ2v) is 4.97. The predicted octanol–water partition coefficient (Wildman–Crippen LogP) is 2.65. The Balaban J connectivity index is 1.81. The van der Waals surface area contributed by atoms with Gasteiger partial charge in [-0.3, -0.25) is 0 Å². The van der Waals surface area contributed by atoms with E-state index in [-0.39, 0.29) is 0 Å². The molecule has 3 N–H and O–H groups in total. The minimum absolute atomic E-state index is 0.653. The first-order chi connectivity index (χ1) is 10.2. The standard InChI is InChI=1S/C16H15N5/c1-21(13-5-2-11(9-17)3-6-13)10-16-19-14-7-4-12(18)8-15(14)20-16/h2-8H,10,18H2,1H3,(H,19,20). The van der Waals surface area contributed by atoms with Gasteiger partial charge in [0, 0.05) is 18.4 Å². The van der Waals surface area contributed by atoms with Crippen molar-refractivity contribution >= 4 is 22.4 Å². The van der Waals surface area contributed by atoms with Gasteiger partial charge in [0.2, 0.25) is 0 Å². The van der Waals surface area contributed by atoms with Gasteiger partial charge in [0.05, 0.1) is 29.2 Å². The maximum atomic E-state index is 8.82. The molecule has 5 nitrogen and oxygen atoms in total. The molecule has 0 unspecified atom stereocenters. The highest BCUT2D eigenvalue weighted by atomic mass is 15.1. The molecule has 0 aliphatic carbocycles. The Morgan fingerprint density at radius 3 is 2.71 bits per heavy atom. The molecule has 0 bridgehead atoms. The SMILES string of the molecule is CN(Cc1nc2ccc(N)cc2[nH]1)c1ccc(C#N)cc1. The molecular formula is C16H15N5. The molecule has 0 amide bonds. The van der Waals surface area contributed by atoms with Crippen LogP contribution in [0.3, 0.4) is 0 Å². The molecule has 0 saturated heterocycles. The van der Waals surface area contributed by atoms with Crippen LogP contribution in [-0.2, 0) is 6.54 Å². The first-order valence-electron chi connectivity index (χ1n) is 6.61. The number of hydrogen-bond donors (Lipinski definition) is 2. The summed E-state index contributed by atoms with van der Waals surface area (Å²) in [6.45, 7) is 0.653. The number of imidazole rings is 1. The summed E-state index contributed by atoms with van der Waals surface area (Å²) >= 11 is 0. The maximum Gasteiger partial charge on any atom is 0.126 e. The van der Waals surface area contributed by atoms with E-state index >= 15 is 0 Å². The van der Waals surface area contributed by atoms with Crippen LogP contribution < -0.4 is 10.6 Å². The molecule has 0 fully saturated rings. The molecule has 2 aromatic carbocycles. The second kappa shape index (κ2) is 5.17. The van der Waals surface area contributed by atoms with Crippen molar-refractivity contribution in [2.24, 2.45) is 0 Å². The number of hydrogen-bond acceptors (Lipinski definition) is 4. The number of aromatic nitrogens is 2. The predicted molar refractivity (Wildman–Crippen MR) is 83.8 cm³/mol. The molecule has 21 heavy (non-hydrogen) atoms. The lowest BCUT2D eigenvalue weighted by molar-refractivity contribution is 0.864. The van der Waals surface area contributed by atoms with Crippen molar-refractivity contribution in [1.82, 2.24) is 9.97 Å². The number of H-pyrrole nitrogens is 1. The van der Waals surface area contributed by atoms with Crippen LogP contribution in [-0.4, -0.2) is 17.0 Å². The number of nitrogens with zero attached hydrogens (tertiary/aromatic N) is 3. The zero-order valence-corrected chi connectivity index (χ0v) is 11.7. The Kier molecular flexibility index (Phi) is 3.20. The molecule has 0 radical (unpaired) electrons. The molecule has 3 rings (SSSR count). The fourth-order valence-corrected chi connectivity index (χ4v) is 2.26. The number of aromatic amines is 1. The molecule has 5 heteroatoms. The van der Waals surface area contributed by atoms with E-state index in [0.29, 0.717) is 12.1 Å². The number of nitrogen functional groups attached to an aromatic ring is 1. The van der Waals surface area contributed by atoms with E-state index in [0.717, 1.165) is 28.2 Å². The summed E-state index contributed by atoms with van der Waals surface area (Å²) in [5.74, 6) is 0.877. The van der Waals surface area contributed by atoms with Crippen LogP contribution in [0.1, 0.15) is 11.4 Å². The van der Waals surface area contributed by atoms with Gasteiger partial charge in [-0.05, 0) is 42.5 Å². The van der Waals surface area contributed by atoms with Crippen LogP contribution >= 0.6 is 0 Å². The summed E-state index contributed by atoms with van der Waals surface area (Å²) in [6, 6.07) is 15.2. The third-order valence-corrected chi connectivity index (χ3v) is 3.38. The zero-order chi connectivity index (χ0) is 14.8. The average Bonchev–Trinajstić information content (AvgIpc) is 2.88. The first kappa shape index (κ1) is 13.0. The van der Waals surface area contributed by atoms with Gasteiger partial charge in [0.1, 0.15) is 5.82 Å². The minimum Gasteiger partial charge on any atom is -0.399 e. The van der Waals surface area contributed by atoms with Crippen LogP contribution in [0.5, 0.6) is 0 Å². The zero-order valence-electron chi connectivity index (χ0n) is 11.7. The fraction of sp³-hybridized carbons (Fsp3) is 0.125. The third-order valence-electron chi connectivity index (χ3n) is 3.38. The van der Waals surface area contributed by atoms with Crippen molar-refractivity contribution in [2.45, 2.75) is 6.54 Å². The molecule has 0 atom stereocenters. The van der Waals surface area contributed by atoms with Gasteiger partial charge in [-0.2, -0.15) is 5.26 Å². The highest BCUT2D eigenvalue weighted by Gasteiger charge is 2.07. The summed E-state index contributed by atoms with van der Waals surface area (Å²) in [7, 11) is 1.99. The topological polar surface area (TPSA) is 81.7 Å². The van der Waals surface area contributed by atoms with Crippen LogP contribution in [0.25, 0.3) is 11.0 Å². The van der Waals surface area contributed by atoms with Gasteiger partial charge in [-0.1, -0.05) is 0 Å². The lowest BCUT2D eigenvalue weighted by atomic mass is 10.2. The molecule has 104 valence electrons. The summed E-state index contributed by atoms with van der Waals surface area (Å²) < 4.78 is 0. The van der Waals surface area contributed by atoms with E-state index in [4.69, 9.17) is 11.0 Å². The molecule has 3 aromatic rings. The van der Waals surface area contributed by atoms with E-state index in [2.05, 4.69) is 20.9 Å². The van der Waals surface area contributed by atoms with Gasteiger partial charge in [0.25, 0.3) is 0 Å². The van der Waals surface area contributed by atoms with Crippen molar-refractivity contribution in [3.8, 4) is 6.07 Å². The van der Waals surface area contributed by atoms with E-state index in [9.17, 15) is 0 Å². The molecule has 0 aliphatic heterocycles. The van der Waals surface area contributed by atoms with Crippen LogP contribution in [0.2, 0.25) is 0 Å². The molecule has 0 aliphatic rings. The monoisotopic (exact) mass is 277 g/mol. The normalized spacial score (nSPS) is 10.5. The molecule has 1 heterocycles. The van der Waals surface area contributed by atoms with Gasteiger partial charge in [0.15, 0.2) is 0 Å². The quantitative estimate of drug-likeness (QED) is 0.721. The number of nitriles is 1. The van der Waals surface area contributed by atoms with Gasteiger partial charge >= 0.3 is 0 Å². The van der Waals surface area contributed by atoms with Gasteiger partial charge < -0.3 is 15.6 Å². The summed E-state index contributed by atoms with van der Waals surface area (Å²) in [6.07, 6.45) is 0. The van der Waals surface area contributed by atoms with E-state index in [1.807, 2.05) is 49.5 Å². The largest absolute Gasteiger partial charge is 0.399 e. The second-order valence-electron chi connectivity index (χ2n) is 4.97. The minimum atomic E-state index is 0.653. The van der Waals surface area contributed by atoms with E-state index in [1.54, 1.807) is 0 Å². The lowest BCUT2D eigenvalue weighted by Gasteiger charge is -2.17. The number of nitrogens with two attached hydrogens (primary N) is 1. The van der Waals surface area contributed by atoms with Crippen LogP contribution in [0, 0.1) is 11.3 Å². The van der Waals surface area contributed by atoms with Crippen molar-refractivity contribution in [1.29, 1.82) is 5.26 Å². The van der Waals surface area contributed by atoms with Crippen molar-refractivity contribution in [3.05, 3.63) is 53.9 Å². The third kappa shape index (κ3) is 2.65. The first-order valence-corrected chi connectivity index (χ1v) is 6.61. The Hall–Kier alpha value is -3.00. The Morgan fingerprint density at radius 1 is 1.24 bits per heavy atom. The summed E-state index contributed by atoms with van der Waals surface area (Å²) in [5.41, 5.74) is 10.0.